The highest BCUT2D eigenvalue weighted by atomic mass is 16.1. The van der Waals surface area contributed by atoms with Gasteiger partial charge in [-0.25, -0.2) is 0 Å². The Balaban J connectivity index is 3.07. The number of carbonyl (C=O) groups is 1. The fourth-order valence-electron chi connectivity index (χ4n) is 1.26. The quantitative estimate of drug-likeness (QED) is 0.587. The predicted octanol–water partition coefficient (Wildman–Crippen LogP) is 2.20. The van der Waals surface area contributed by atoms with Crippen molar-refractivity contribution in [3.05, 3.63) is 35.7 Å². The molecule has 0 bridgehead atoms. The number of Topliss-reactive ketones (excluding diaryl/α,β-unsaturated/α-hetero) is 1. The van der Waals surface area contributed by atoms with Crippen molar-refractivity contribution in [3.8, 4) is 0 Å². The molecule has 0 aliphatic heterocycles. The summed E-state index contributed by atoms with van der Waals surface area (Å²) in [6.45, 7) is 3.79. The maximum atomic E-state index is 11.8. The van der Waals surface area contributed by atoms with Crippen LogP contribution in [-0.4, -0.2) is 10.8 Å². The molecule has 0 aromatic carbocycles. The molecule has 14 heavy (non-hydrogen) atoms. The Bertz CT molecular complexity index is 369. The zero-order valence-electron chi connectivity index (χ0n) is 8.45. The average molecular weight is 190 g/mol. The zero-order chi connectivity index (χ0) is 10.6. The first-order valence-electron chi connectivity index (χ1n) is 4.60. The summed E-state index contributed by atoms with van der Waals surface area (Å²) in [7, 11) is 0. The van der Waals surface area contributed by atoms with E-state index in [9.17, 15) is 4.79 Å². The van der Waals surface area contributed by atoms with Crippen LogP contribution in [0.4, 0.5) is 5.69 Å². The first-order valence-corrected chi connectivity index (χ1v) is 4.60. The number of hydrogen-bond donors (Lipinski definition) is 1. The van der Waals surface area contributed by atoms with Crippen molar-refractivity contribution in [3.63, 3.8) is 0 Å². The van der Waals surface area contributed by atoms with Gasteiger partial charge in [0.25, 0.3) is 0 Å². The molecule has 1 heterocycles. The Morgan fingerprint density at radius 3 is 2.86 bits per heavy atom. The van der Waals surface area contributed by atoms with E-state index in [4.69, 9.17) is 5.73 Å². The van der Waals surface area contributed by atoms with Crippen LogP contribution in [0, 0.1) is 0 Å². The number of rotatable bonds is 3. The van der Waals surface area contributed by atoms with Gasteiger partial charge in [-0.2, -0.15) is 0 Å². The number of anilines is 1. The van der Waals surface area contributed by atoms with Crippen molar-refractivity contribution < 1.29 is 4.79 Å². The van der Waals surface area contributed by atoms with Gasteiger partial charge in [-0.15, -0.1) is 0 Å². The molecular formula is C11H14N2O. The molecule has 1 aromatic rings. The second kappa shape index (κ2) is 4.56. The lowest BCUT2D eigenvalue weighted by atomic mass is 10.0. The molecule has 0 atom stereocenters. The van der Waals surface area contributed by atoms with Gasteiger partial charge in [0.1, 0.15) is 0 Å². The Hall–Kier alpha value is -1.64. The predicted molar refractivity (Wildman–Crippen MR) is 57.0 cm³/mol. The van der Waals surface area contributed by atoms with Gasteiger partial charge in [0.15, 0.2) is 5.78 Å². The molecule has 3 nitrogen and oxygen atoms in total. The van der Waals surface area contributed by atoms with E-state index in [1.165, 1.54) is 6.20 Å². The summed E-state index contributed by atoms with van der Waals surface area (Å²) in [5.41, 5.74) is 7.42. The smallest absolute Gasteiger partial charge is 0.192 e. The fourth-order valence-corrected chi connectivity index (χ4v) is 1.26. The second-order valence-electron chi connectivity index (χ2n) is 2.96. The van der Waals surface area contributed by atoms with Crippen LogP contribution in [0.5, 0.6) is 0 Å². The SMILES string of the molecule is C/C=C(/CC)C(=O)c1cnccc1N. The third kappa shape index (κ3) is 1.99. The van der Waals surface area contributed by atoms with Crippen LogP contribution in [0.25, 0.3) is 0 Å². The van der Waals surface area contributed by atoms with Crippen molar-refractivity contribution in [1.82, 2.24) is 4.98 Å². The van der Waals surface area contributed by atoms with Crippen LogP contribution in [0.2, 0.25) is 0 Å². The maximum absolute atomic E-state index is 11.8. The minimum atomic E-state index is -0.0272. The van der Waals surface area contributed by atoms with Gasteiger partial charge in [-0.05, 0) is 25.0 Å². The summed E-state index contributed by atoms with van der Waals surface area (Å²) >= 11 is 0. The van der Waals surface area contributed by atoms with Crippen LogP contribution in [-0.2, 0) is 0 Å². The first-order chi connectivity index (χ1) is 6.70. The Morgan fingerprint density at radius 2 is 2.36 bits per heavy atom. The van der Waals surface area contributed by atoms with Crippen molar-refractivity contribution in [2.45, 2.75) is 20.3 Å². The number of allylic oxidation sites excluding steroid dienone is 2. The minimum Gasteiger partial charge on any atom is -0.398 e. The number of nitrogens with two attached hydrogens (primary N) is 1. The molecule has 0 amide bonds. The van der Waals surface area contributed by atoms with E-state index in [-0.39, 0.29) is 5.78 Å². The largest absolute Gasteiger partial charge is 0.398 e. The van der Waals surface area contributed by atoms with E-state index in [1.807, 2.05) is 19.9 Å². The van der Waals surface area contributed by atoms with Crippen LogP contribution >= 0.6 is 0 Å². The molecule has 74 valence electrons. The van der Waals surface area contributed by atoms with E-state index in [0.717, 1.165) is 5.57 Å². The van der Waals surface area contributed by atoms with Gasteiger partial charge in [0, 0.05) is 18.1 Å². The van der Waals surface area contributed by atoms with E-state index in [1.54, 1.807) is 12.3 Å². The van der Waals surface area contributed by atoms with Crippen LogP contribution in [0.3, 0.4) is 0 Å². The number of aromatic nitrogens is 1. The monoisotopic (exact) mass is 190 g/mol. The highest BCUT2D eigenvalue weighted by Gasteiger charge is 2.12. The maximum Gasteiger partial charge on any atom is 0.192 e. The average Bonchev–Trinajstić information content (AvgIpc) is 2.20. The van der Waals surface area contributed by atoms with Crippen molar-refractivity contribution in [1.29, 1.82) is 0 Å². The number of carbonyl (C=O) groups excluding carboxylic acids is 1. The third-order valence-electron chi connectivity index (χ3n) is 2.12. The molecule has 2 N–H and O–H groups in total. The molecule has 0 unspecified atom stereocenters. The summed E-state index contributed by atoms with van der Waals surface area (Å²) in [5, 5.41) is 0. The topological polar surface area (TPSA) is 56.0 Å². The Morgan fingerprint density at radius 1 is 1.64 bits per heavy atom. The van der Waals surface area contributed by atoms with Gasteiger partial charge >= 0.3 is 0 Å². The highest BCUT2D eigenvalue weighted by Crippen LogP contribution is 2.15. The number of nitrogens with zero attached hydrogens (tertiary/aromatic N) is 1. The normalized spacial score (nSPS) is 11.4. The molecule has 0 saturated carbocycles. The van der Waals surface area contributed by atoms with Gasteiger partial charge in [0.05, 0.1) is 5.56 Å². The van der Waals surface area contributed by atoms with E-state index in [2.05, 4.69) is 4.98 Å². The molecule has 0 aliphatic carbocycles. The second-order valence-corrected chi connectivity index (χ2v) is 2.96. The molecule has 1 aromatic heterocycles. The van der Waals surface area contributed by atoms with E-state index in [0.29, 0.717) is 17.7 Å². The molecule has 0 fully saturated rings. The molecular weight excluding hydrogens is 176 g/mol. The van der Waals surface area contributed by atoms with E-state index < -0.39 is 0 Å². The number of ketones is 1. The molecule has 3 heteroatoms. The number of nitrogen functional groups attached to an aromatic ring is 1. The number of pyridine rings is 1. The lowest BCUT2D eigenvalue weighted by Crippen LogP contribution is -2.06. The molecule has 0 radical (unpaired) electrons. The van der Waals surface area contributed by atoms with Gasteiger partial charge in [0.2, 0.25) is 0 Å². The van der Waals surface area contributed by atoms with Crippen LogP contribution < -0.4 is 5.73 Å². The van der Waals surface area contributed by atoms with Crippen LogP contribution in [0.15, 0.2) is 30.1 Å². The van der Waals surface area contributed by atoms with Crippen molar-refractivity contribution in [2.75, 3.05) is 5.73 Å². The van der Waals surface area contributed by atoms with Crippen molar-refractivity contribution in [2.24, 2.45) is 0 Å². The lowest BCUT2D eigenvalue weighted by molar-refractivity contribution is 0.103. The van der Waals surface area contributed by atoms with Gasteiger partial charge < -0.3 is 5.73 Å². The Labute approximate surface area is 83.7 Å². The summed E-state index contributed by atoms with van der Waals surface area (Å²) in [5.74, 6) is -0.0272. The summed E-state index contributed by atoms with van der Waals surface area (Å²) < 4.78 is 0. The van der Waals surface area contributed by atoms with Gasteiger partial charge in [-0.3, -0.25) is 9.78 Å². The fraction of sp³-hybridized carbons (Fsp3) is 0.273. The van der Waals surface area contributed by atoms with Crippen LogP contribution in [0.1, 0.15) is 30.6 Å². The summed E-state index contributed by atoms with van der Waals surface area (Å²) in [6, 6.07) is 1.64. The number of hydrogen-bond acceptors (Lipinski definition) is 3. The summed E-state index contributed by atoms with van der Waals surface area (Å²) in [6.07, 6.45) is 5.61. The standard InChI is InChI=1S/C11H14N2O/c1-3-8(4-2)11(14)9-7-13-6-5-10(9)12/h3,5-7H,4H2,1-2H3,(H2,12,13)/b8-3-. The van der Waals surface area contributed by atoms with Gasteiger partial charge in [-0.1, -0.05) is 13.0 Å². The minimum absolute atomic E-state index is 0.0272. The van der Waals surface area contributed by atoms with E-state index >= 15 is 0 Å². The third-order valence-corrected chi connectivity index (χ3v) is 2.12. The lowest BCUT2D eigenvalue weighted by Gasteiger charge is -2.05. The Kier molecular flexibility index (Phi) is 3.40. The molecule has 1 rings (SSSR count). The highest BCUT2D eigenvalue weighted by molar-refractivity contribution is 6.11. The molecule has 0 spiro atoms. The van der Waals surface area contributed by atoms with Crippen molar-refractivity contribution >= 4 is 11.5 Å². The molecule has 0 saturated heterocycles. The zero-order valence-corrected chi connectivity index (χ0v) is 8.45. The first kappa shape index (κ1) is 10.4. The summed E-state index contributed by atoms with van der Waals surface area (Å²) in [4.78, 5) is 15.7. The molecule has 0 aliphatic rings.